The van der Waals surface area contributed by atoms with Crippen molar-refractivity contribution >= 4 is 22.6 Å². The van der Waals surface area contributed by atoms with Gasteiger partial charge in [0.1, 0.15) is 23.3 Å². The van der Waals surface area contributed by atoms with E-state index in [1.165, 1.54) is 12.5 Å². The number of aromatic amines is 1. The first-order chi connectivity index (χ1) is 15.0. The highest BCUT2D eigenvalue weighted by atomic mass is 19.3. The van der Waals surface area contributed by atoms with Gasteiger partial charge in [0.2, 0.25) is 0 Å². The highest BCUT2D eigenvalue weighted by Gasteiger charge is 2.18. The van der Waals surface area contributed by atoms with Crippen LogP contribution in [-0.4, -0.2) is 53.0 Å². The Bertz CT molecular complexity index is 1420. The van der Waals surface area contributed by atoms with Crippen LogP contribution in [0.2, 0.25) is 0 Å². The number of imidazole rings is 1. The molecule has 0 fully saturated rings. The number of hydrogen-bond acceptors (Lipinski definition) is 5. The number of alkyl halides is 2. The summed E-state index contributed by atoms with van der Waals surface area (Å²) in [5.74, 6) is -0.622. The Hall–Kier alpha value is -4.15. The summed E-state index contributed by atoms with van der Waals surface area (Å²) in [5, 5.41) is 7.23. The zero-order chi connectivity index (χ0) is 21.5. The van der Waals surface area contributed by atoms with E-state index >= 15 is 0 Å². The molecule has 156 valence electrons. The number of hydrogen-bond donors (Lipinski definition) is 2. The predicted molar refractivity (Wildman–Crippen MR) is 109 cm³/mol. The molecular weight excluding hydrogens is 406 g/mol. The number of H-pyrrole nitrogens is 1. The van der Waals surface area contributed by atoms with Crippen molar-refractivity contribution in [2.24, 2.45) is 7.05 Å². The Morgan fingerprint density at radius 2 is 2.03 bits per heavy atom. The number of aromatic nitrogens is 7. The molecule has 0 aliphatic rings. The van der Waals surface area contributed by atoms with Crippen molar-refractivity contribution in [3.8, 4) is 22.4 Å². The lowest BCUT2D eigenvalue weighted by Gasteiger charge is -2.07. The zero-order valence-corrected chi connectivity index (χ0v) is 16.3. The molecule has 5 heterocycles. The van der Waals surface area contributed by atoms with E-state index in [1.807, 2.05) is 25.5 Å². The lowest BCUT2D eigenvalue weighted by atomic mass is 10.0. The van der Waals surface area contributed by atoms with Crippen LogP contribution in [-0.2, 0) is 7.05 Å². The van der Waals surface area contributed by atoms with Crippen LogP contribution >= 0.6 is 0 Å². The number of carbonyl (C=O) groups is 1. The van der Waals surface area contributed by atoms with Gasteiger partial charge in [-0.15, -0.1) is 0 Å². The number of fused-ring (bicyclic) bond motifs is 2. The Balaban J connectivity index is 1.63. The van der Waals surface area contributed by atoms with Gasteiger partial charge in [0.25, 0.3) is 12.3 Å². The number of carbonyl (C=O) groups excluding carboxylic acids is 1. The molecule has 0 aromatic carbocycles. The molecule has 31 heavy (non-hydrogen) atoms. The molecule has 0 bridgehead atoms. The van der Waals surface area contributed by atoms with Crippen LogP contribution in [0.5, 0.6) is 0 Å². The lowest BCUT2D eigenvalue weighted by Crippen LogP contribution is -2.29. The maximum atomic E-state index is 12.5. The molecular formula is C20H16F2N8O. The summed E-state index contributed by atoms with van der Waals surface area (Å²) in [5.41, 5.74) is 4.50. The lowest BCUT2D eigenvalue weighted by molar-refractivity contribution is 0.0886. The van der Waals surface area contributed by atoms with Crippen LogP contribution in [0.15, 0.2) is 49.4 Å². The topological polar surface area (TPSA) is 106 Å². The zero-order valence-electron chi connectivity index (χ0n) is 16.3. The molecule has 2 N–H and O–H groups in total. The van der Waals surface area contributed by atoms with Crippen LogP contribution in [0.3, 0.4) is 0 Å². The summed E-state index contributed by atoms with van der Waals surface area (Å²) >= 11 is 0. The normalized spacial score (nSPS) is 11.6. The van der Waals surface area contributed by atoms with Gasteiger partial charge < -0.3 is 10.3 Å². The third-order valence-electron chi connectivity index (χ3n) is 4.91. The maximum absolute atomic E-state index is 12.5. The van der Waals surface area contributed by atoms with E-state index in [9.17, 15) is 13.6 Å². The average Bonchev–Trinajstić information content (AvgIpc) is 3.49. The van der Waals surface area contributed by atoms with Gasteiger partial charge in [-0.25, -0.2) is 23.7 Å². The fraction of sp³-hybridized carbons (Fsp3) is 0.150. The molecule has 0 aliphatic carbocycles. The van der Waals surface area contributed by atoms with Crippen molar-refractivity contribution in [1.82, 2.24) is 39.4 Å². The predicted octanol–water partition coefficient (Wildman–Crippen LogP) is 2.67. The monoisotopic (exact) mass is 422 g/mol. The van der Waals surface area contributed by atoms with Gasteiger partial charge in [-0.2, -0.15) is 5.10 Å². The number of rotatable bonds is 5. The van der Waals surface area contributed by atoms with Crippen LogP contribution in [0, 0.1) is 0 Å². The second kappa shape index (κ2) is 7.27. The molecule has 0 radical (unpaired) electrons. The quantitative estimate of drug-likeness (QED) is 0.453. The van der Waals surface area contributed by atoms with Gasteiger partial charge in [0.05, 0.1) is 30.0 Å². The number of aryl methyl sites for hydroxylation is 1. The minimum Gasteiger partial charge on any atom is -0.345 e. The van der Waals surface area contributed by atoms with Crippen LogP contribution < -0.4 is 5.32 Å². The first-order valence-electron chi connectivity index (χ1n) is 9.36. The molecule has 5 aromatic rings. The Morgan fingerprint density at radius 1 is 1.16 bits per heavy atom. The Morgan fingerprint density at radius 3 is 2.81 bits per heavy atom. The highest BCUT2D eigenvalue weighted by molar-refractivity contribution is 6.02. The van der Waals surface area contributed by atoms with Crippen molar-refractivity contribution in [1.29, 1.82) is 0 Å². The van der Waals surface area contributed by atoms with Gasteiger partial charge >= 0.3 is 0 Å². The molecule has 5 aromatic heterocycles. The van der Waals surface area contributed by atoms with Gasteiger partial charge in [-0.1, -0.05) is 0 Å². The van der Waals surface area contributed by atoms with Crippen molar-refractivity contribution in [3.05, 3.63) is 55.1 Å². The fourth-order valence-corrected chi connectivity index (χ4v) is 3.52. The molecule has 0 spiro atoms. The van der Waals surface area contributed by atoms with E-state index in [2.05, 4.69) is 30.4 Å². The van der Waals surface area contributed by atoms with Crippen molar-refractivity contribution in [2.75, 3.05) is 6.54 Å². The molecule has 0 unspecified atom stereocenters. The third kappa shape index (κ3) is 3.29. The summed E-state index contributed by atoms with van der Waals surface area (Å²) in [6.07, 6.45) is 7.35. The highest BCUT2D eigenvalue weighted by Crippen LogP contribution is 2.34. The molecule has 0 atom stereocenters. The van der Waals surface area contributed by atoms with E-state index in [0.29, 0.717) is 11.3 Å². The number of nitrogens with one attached hydrogen (secondary N) is 2. The smallest absolute Gasteiger partial charge is 0.270 e. The van der Waals surface area contributed by atoms with E-state index in [-0.39, 0.29) is 5.69 Å². The molecule has 11 heteroatoms. The average molecular weight is 422 g/mol. The maximum Gasteiger partial charge on any atom is 0.270 e. The minimum absolute atomic E-state index is 0.168. The number of nitrogens with zero attached hydrogens (tertiary/aromatic N) is 6. The van der Waals surface area contributed by atoms with Gasteiger partial charge in [-0.3, -0.25) is 13.9 Å². The molecule has 5 rings (SSSR count). The molecule has 0 saturated carbocycles. The van der Waals surface area contributed by atoms with E-state index in [0.717, 1.165) is 27.8 Å². The first-order valence-corrected chi connectivity index (χ1v) is 9.36. The van der Waals surface area contributed by atoms with Gasteiger partial charge in [-0.05, 0) is 12.1 Å². The molecule has 1 amide bonds. The van der Waals surface area contributed by atoms with Crippen LogP contribution in [0.25, 0.3) is 39.1 Å². The SMILES string of the molecule is Cn1cc(-c2ncnc3[nH]cc(-c4ccc5ncc(C(=O)NCC(F)F)n5c4)c23)cn1. The van der Waals surface area contributed by atoms with E-state index in [1.54, 1.807) is 27.5 Å². The summed E-state index contributed by atoms with van der Waals surface area (Å²) in [6, 6.07) is 3.62. The molecule has 0 saturated heterocycles. The van der Waals surface area contributed by atoms with E-state index < -0.39 is 18.9 Å². The Labute approximate surface area is 173 Å². The number of pyridine rings is 1. The minimum atomic E-state index is -2.63. The Kier molecular flexibility index (Phi) is 4.42. The molecule has 9 nitrogen and oxygen atoms in total. The van der Waals surface area contributed by atoms with Crippen molar-refractivity contribution in [2.45, 2.75) is 6.43 Å². The summed E-state index contributed by atoms with van der Waals surface area (Å²) in [6.45, 7) is -0.722. The van der Waals surface area contributed by atoms with Gasteiger partial charge in [0.15, 0.2) is 0 Å². The summed E-state index contributed by atoms with van der Waals surface area (Å²) in [4.78, 5) is 28.4. The number of amides is 1. The van der Waals surface area contributed by atoms with Gasteiger partial charge in [0, 0.05) is 42.3 Å². The summed E-state index contributed by atoms with van der Waals surface area (Å²) in [7, 11) is 1.83. The molecule has 0 aliphatic heterocycles. The fourth-order valence-electron chi connectivity index (χ4n) is 3.52. The summed E-state index contributed by atoms with van der Waals surface area (Å²) < 4.78 is 28.2. The van der Waals surface area contributed by atoms with Crippen LogP contribution in [0.1, 0.15) is 10.5 Å². The first kappa shape index (κ1) is 18.9. The van der Waals surface area contributed by atoms with Crippen molar-refractivity contribution in [3.63, 3.8) is 0 Å². The van der Waals surface area contributed by atoms with Crippen LogP contribution in [0.4, 0.5) is 8.78 Å². The largest absolute Gasteiger partial charge is 0.345 e. The second-order valence-electron chi connectivity index (χ2n) is 6.94. The van der Waals surface area contributed by atoms with E-state index in [4.69, 9.17) is 0 Å². The second-order valence-corrected chi connectivity index (χ2v) is 6.94. The number of halogens is 2. The standard InChI is InChI=1S/C20H16F2N8O/c1-29-8-12(4-28-29)18-17-13(5-24-19(17)27-10-26-18)11-2-3-16-23-6-14(30(16)9-11)20(31)25-7-15(21)22/h2-6,8-10,15H,7H2,1H3,(H,25,31)(H,24,26,27). The van der Waals surface area contributed by atoms with Crippen molar-refractivity contribution < 1.29 is 13.6 Å². The third-order valence-corrected chi connectivity index (χ3v) is 4.91.